The number of hydrogen-bond acceptors (Lipinski definition) is 5. The summed E-state index contributed by atoms with van der Waals surface area (Å²) in [6.45, 7) is 2.97. The van der Waals surface area contributed by atoms with E-state index in [0.717, 1.165) is 5.56 Å². The first-order valence-electron chi connectivity index (χ1n) is 7.98. The summed E-state index contributed by atoms with van der Waals surface area (Å²) in [6.07, 6.45) is 1.98. The molecular formula is C18H18N2O5. The number of benzene rings is 1. The zero-order valence-corrected chi connectivity index (χ0v) is 13.7. The highest BCUT2D eigenvalue weighted by Crippen LogP contribution is 2.33. The van der Waals surface area contributed by atoms with Crippen LogP contribution in [0, 0.1) is 0 Å². The van der Waals surface area contributed by atoms with Crippen LogP contribution in [0.5, 0.6) is 11.5 Å². The standard InChI is InChI=1S/C18H18N2O5/c1-2-13(11-3-4-15-16(10-11)25-8-7-24-15)20-17(21)12-5-6-19-14(9-12)18(22)23/h3-6,9-10,13H,2,7-8H2,1H3,(H,20,21)(H,22,23). The van der Waals surface area contributed by atoms with Crippen molar-refractivity contribution in [2.24, 2.45) is 0 Å². The van der Waals surface area contributed by atoms with Gasteiger partial charge in [-0.25, -0.2) is 9.78 Å². The van der Waals surface area contributed by atoms with Crippen molar-refractivity contribution in [1.82, 2.24) is 10.3 Å². The number of fused-ring (bicyclic) bond motifs is 1. The normalized spacial score (nSPS) is 13.8. The maximum Gasteiger partial charge on any atom is 0.354 e. The largest absolute Gasteiger partial charge is 0.486 e. The van der Waals surface area contributed by atoms with Crippen LogP contribution >= 0.6 is 0 Å². The number of nitrogens with one attached hydrogen (secondary N) is 1. The minimum atomic E-state index is -1.17. The number of carbonyl (C=O) groups excluding carboxylic acids is 1. The van der Waals surface area contributed by atoms with Crippen LogP contribution in [0.3, 0.4) is 0 Å². The molecule has 25 heavy (non-hydrogen) atoms. The molecule has 1 aliphatic heterocycles. The van der Waals surface area contributed by atoms with Gasteiger partial charge < -0.3 is 19.9 Å². The number of pyridine rings is 1. The Kier molecular flexibility index (Phi) is 4.83. The fourth-order valence-corrected chi connectivity index (χ4v) is 2.63. The molecule has 7 nitrogen and oxygen atoms in total. The number of aromatic nitrogens is 1. The molecule has 1 aromatic heterocycles. The fraction of sp³-hybridized carbons (Fsp3) is 0.278. The first-order chi connectivity index (χ1) is 12.1. The number of carboxylic acids is 1. The number of rotatable bonds is 5. The van der Waals surface area contributed by atoms with Crippen molar-refractivity contribution in [3.8, 4) is 11.5 Å². The predicted octanol–water partition coefficient (Wildman–Crippen LogP) is 2.43. The second kappa shape index (κ2) is 7.21. The lowest BCUT2D eigenvalue weighted by atomic mass is 10.0. The first-order valence-corrected chi connectivity index (χ1v) is 7.98. The zero-order valence-electron chi connectivity index (χ0n) is 13.7. The van der Waals surface area contributed by atoms with Crippen LogP contribution < -0.4 is 14.8 Å². The molecule has 1 amide bonds. The van der Waals surface area contributed by atoms with E-state index >= 15 is 0 Å². The minimum Gasteiger partial charge on any atom is -0.486 e. The van der Waals surface area contributed by atoms with E-state index in [2.05, 4.69) is 10.3 Å². The minimum absolute atomic E-state index is 0.167. The van der Waals surface area contributed by atoms with Crippen molar-refractivity contribution in [2.75, 3.05) is 13.2 Å². The van der Waals surface area contributed by atoms with Gasteiger partial charge in [0.25, 0.3) is 5.91 Å². The highest BCUT2D eigenvalue weighted by molar-refractivity contribution is 5.96. The van der Waals surface area contributed by atoms with Gasteiger partial charge in [-0.15, -0.1) is 0 Å². The van der Waals surface area contributed by atoms with Gasteiger partial charge in [0.05, 0.1) is 6.04 Å². The molecule has 2 N–H and O–H groups in total. The van der Waals surface area contributed by atoms with Gasteiger partial charge >= 0.3 is 5.97 Å². The molecule has 3 rings (SSSR count). The van der Waals surface area contributed by atoms with Crippen molar-refractivity contribution >= 4 is 11.9 Å². The maximum atomic E-state index is 12.5. The molecule has 0 fully saturated rings. The van der Waals surface area contributed by atoms with Crippen molar-refractivity contribution in [1.29, 1.82) is 0 Å². The van der Waals surface area contributed by atoms with Gasteiger partial charge in [0.2, 0.25) is 0 Å². The Morgan fingerprint density at radius 1 is 1.20 bits per heavy atom. The number of amides is 1. The summed E-state index contributed by atoms with van der Waals surface area (Å²) in [5.41, 5.74) is 0.982. The number of carboxylic acid groups (broad SMARTS) is 1. The number of carbonyl (C=O) groups is 2. The van der Waals surface area contributed by atoms with E-state index in [9.17, 15) is 9.59 Å². The van der Waals surface area contributed by atoms with Crippen LogP contribution in [-0.2, 0) is 0 Å². The van der Waals surface area contributed by atoms with Crippen LogP contribution in [0.2, 0.25) is 0 Å². The van der Waals surface area contributed by atoms with Crippen molar-refractivity contribution in [3.05, 3.63) is 53.3 Å². The zero-order chi connectivity index (χ0) is 17.8. The smallest absolute Gasteiger partial charge is 0.354 e. The van der Waals surface area contributed by atoms with Gasteiger partial charge in [0.15, 0.2) is 11.5 Å². The quantitative estimate of drug-likeness (QED) is 0.866. The fourth-order valence-electron chi connectivity index (χ4n) is 2.63. The van der Waals surface area contributed by atoms with E-state index in [0.29, 0.717) is 31.1 Å². The molecule has 1 aliphatic rings. The summed E-state index contributed by atoms with van der Waals surface area (Å²) in [4.78, 5) is 27.2. The Labute approximate surface area is 144 Å². The molecule has 0 bridgehead atoms. The van der Waals surface area contributed by atoms with Crippen LogP contribution in [0.15, 0.2) is 36.5 Å². The van der Waals surface area contributed by atoms with Gasteiger partial charge in [-0.2, -0.15) is 0 Å². The molecule has 0 saturated heterocycles. The van der Waals surface area contributed by atoms with E-state index in [1.165, 1.54) is 18.3 Å². The first kappa shape index (κ1) is 16.8. The van der Waals surface area contributed by atoms with Crippen LogP contribution in [0.1, 0.15) is 45.8 Å². The molecule has 0 saturated carbocycles. The van der Waals surface area contributed by atoms with Gasteiger partial charge in [-0.05, 0) is 36.2 Å². The summed E-state index contributed by atoms with van der Waals surface area (Å²) in [5.74, 6) is -0.176. The highest BCUT2D eigenvalue weighted by atomic mass is 16.6. The molecule has 1 unspecified atom stereocenters. The lowest BCUT2D eigenvalue weighted by Crippen LogP contribution is -2.28. The summed E-state index contributed by atoms with van der Waals surface area (Å²) in [5, 5.41) is 11.9. The third-order valence-electron chi connectivity index (χ3n) is 3.92. The average molecular weight is 342 g/mol. The number of ether oxygens (including phenoxy) is 2. The number of aromatic carboxylic acids is 1. The maximum absolute atomic E-state index is 12.5. The van der Waals surface area contributed by atoms with Gasteiger partial charge in [0.1, 0.15) is 18.9 Å². The van der Waals surface area contributed by atoms with E-state index < -0.39 is 5.97 Å². The summed E-state index contributed by atoms with van der Waals surface area (Å²) in [7, 11) is 0. The Morgan fingerprint density at radius 2 is 1.96 bits per heavy atom. The molecule has 1 aromatic carbocycles. The molecule has 0 spiro atoms. The highest BCUT2D eigenvalue weighted by Gasteiger charge is 2.19. The summed E-state index contributed by atoms with van der Waals surface area (Å²) in [6, 6.07) is 8.08. The Bertz CT molecular complexity index is 806. The monoisotopic (exact) mass is 342 g/mol. The Morgan fingerprint density at radius 3 is 2.68 bits per heavy atom. The van der Waals surface area contributed by atoms with E-state index in [-0.39, 0.29) is 23.2 Å². The topological polar surface area (TPSA) is 97.8 Å². The number of hydrogen-bond donors (Lipinski definition) is 2. The predicted molar refractivity (Wildman–Crippen MR) is 89.1 cm³/mol. The number of nitrogens with zero attached hydrogens (tertiary/aromatic N) is 1. The second-order valence-corrected chi connectivity index (χ2v) is 5.57. The van der Waals surface area contributed by atoms with Crippen molar-refractivity contribution < 1.29 is 24.2 Å². The van der Waals surface area contributed by atoms with E-state index in [4.69, 9.17) is 14.6 Å². The van der Waals surface area contributed by atoms with Crippen LogP contribution in [-0.4, -0.2) is 35.2 Å². The van der Waals surface area contributed by atoms with Crippen molar-refractivity contribution in [2.45, 2.75) is 19.4 Å². The average Bonchev–Trinajstić information content (AvgIpc) is 2.65. The third kappa shape index (κ3) is 3.71. The molecule has 2 aromatic rings. The van der Waals surface area contributed by atoms with Crippen molar-refractivity contribution in [3.63, 3.8) is 0 Å². The summed E-state index contributed by atoms with van der Waals surface area (Å²) < 4.78 is 11.1. The molecule has 2 heterocycles. The van der Waals surface area contributed by atoms with Gasteiger partial charge in [0, 0.05) is 11.8 Å². The van der Waals surface area contributed by atoms with E-state index in [1.54, 1.807) is 0 Å². The van der Waals surface area contributed by atoms with Crippen LogP contribution in [0.25, 0.3) is 0 Å². The Balaban J connectivity index is 1.79. The van der Waals surface area contributed by atoms with Gasteiger partial charge in [-0.1, -0.05) is 13.0 Å². The molecule has 0 radical (unpaired) electrons. The SMILES string of the molecule is CCC(NC(=O)c1ccnc(C(=O)O)c1)c1ccc2c(c1)OCCO2. The Hall–Kier alpha value is -3.09. The molecule has 130 valence electrons. The van der Waals surface area contributed by atoms with Gasteiger partial charge in [-0.3, -0.25) is 4.79 Å². The van der Waals surface area contributed by atoms with Crippen LogP contribution in [0.4, 0.5) is 0 Å². The third-order valence-corrected chi connectivity index (χ3v) is 3.92. The van der Waals surface area contributed by atoms with E-state index in [1.807, 2.05) is 25.1 Å². The summed E-state index contributed by atoms with van der Waals surface area (Å²) >= 11 is 0. The molecular weight excluding hydrogens is 324 g/mol. The lowest BCUT2D eigenvalue weighted by Gasteiger charge is -2.22. The molecule has 7 heteroatoms. The second-order valence-electron chi connectivity index (χ2n) is 5.57. The lowest BCUT2D eigenvalue weighted by molar-refractivity contribution is 0.0690. The molecule has 0 aliphatic carbocycles. The molecule has 1 atom stereocenters.